The molecular formula is C17H21N. The summed E-state index contributed by atoms with van der Waals surface area (Å²) in [6.45, 7) is 3.35. The highest BCUT2D eigenvalue weighted by atomic mass is 15.1. The lowest BCUT2D eigenvalue weighted by atomic mass is 10.1. The molecule has 0 spiro atoms. The Hall–Kier alpha value is -1.60. The first-order valence-electron chi connectivity index (χ1n) is 6.56. The lowest BCUT2D eigenvalue weighted by Gasteiger charge is -2.25. The van der Waals surface area contributed by atoms with E-state index < -0.39 is 0 Å². The van der Waals surface area contributed by atoms with E-state index in [0.29, 0.717) is 6.04 Å². The summed E-state index contributed by atoms with van der Waals surface area (Å²) in [6.07, 6.45) is 1.11. The van der Waals surface area contributed by atoms with Gasteiger partial charge in [0.05, 0.1) is 0 Å². The van der Waals surface area contributed by atoms with E-state index >= 15 is 0 Å². The summed E-state index contributed by atoms with van der Waals surface area (Å²) in [5, 5.41) is 0. The lowest BCUT2D eigenvalue weighted by Crippen LogP contribution is -2.24. The molecule has 0 saturated carbocycles. The maximum atomic E-state index is 2.41. The molecule has 0 fully saturated rings. The largest absolute Gasteiger partial charge is 0.299 e. The number of rotatable bonds is 5. The van der Waals surface area contributed by atoms with Crippen molar-refractivity contribution < 1.29 is 0 Å². The first-order chi connectivity index (χ1) is 8.77. The Balaban J connectivity index is 1.90. The van der Waals surface area contributed by atoms with Crippen LogP contribution >= 0.6 is 0 Å². The summed E-state index contributed by atoms with van der Waals surface area (Å²) in [5.74, 6) is 0. The van der Waals surface area contributed by atoms with E-state index in [-0.39, 0.29) is 0 Å². The minimum absolute atomic E-state index is 0.468. The van der Waals surface area contributed by atoms with E-state index in [2.05, 4.69) is 79.5 Å². The van der Waals surface area contributed by atoms with Crippen LogP contribution in [0.3, 0.4) is 0 Å². The van der Waals surface area contributed by atoms with Crippen LogP contribution in [-0.4, -0.2) is 18.5 Å². The zero-order valence-corrected chi connectivity index (χ0v) is 11.2. The molecule has 1 atom stereocenters. The normalized spacial score (nSPS) is 12.6. The topological polar surface area (TPSA) is 3.24 Å². The van der Waals surface area contributed by atoms with Crippen LogP contribution in [0, 0.1) is 0 Å². The standard InChI is InChI=1S/C17H21N/c1-15(17-11-7-4-8-12-17)18(2)14-13-16-9-5-3-6-10-16/h3-12,15H,13-14H2,1-2H3. The molecule has 2 aromatic rings. The molecule has 0 aliphatic rings. The van der Waals surface area contributed by atoms with Gasteiger partial charge in [0, 0.05) is 12.6 Å². The summed E-state index contributed by atoms with van der Waals surface area (Å²) < 4.78 is 0. The van der Waals surface area contributed by atoms with Crippen molar-refractivity contribution in [3.05, 3.63) is 71.8 Å². The van der Waals surface area contributed by atoms with Gasteiger partial charge in [-0.05, 0) is 31.5 Å². The fraction of sp³-hybridized carbons (Fsp3) is 0.294. The average molecular weight is 239 g/mol. The van der Waals surface area contributed by atoms with Gasteiger partial charge in [0.1, 0.15) is 0 Å². The Kier molecular flexibility index (Phi) is 4.54. The number of likely N-dealkylation sites (N-methyl/N-ethyl adjacent to an activating group) is 1. The Morgan fingerprint density at radius 1 is 0.889 bits per heavy atom. The molecule has 0 aromatic heterocycles. The van der Waals surface area contributed by atoms with E-state index in [1.54, 1.807) is 0 Å². The van der Waals surface area contributed by atoms with Crippen molar-refractivity contribution in [3.63, 3.8) is 0 Å². The second kappa shape index (κ2) is 6.36. The Morgan fingerprint density at radius 2 is 1.44 bits per heavy atom. The van der Waals surface area contributed by atoms with Crippen molar-refractivity contribution in [3.8, 4) is 0 Å². The van der Waals surface area contributed by atoms with Crippen molar-refractivity contribution >= 4 is 0 Å². The summed E-state index contributed by atoms with van der Waals surface area (Å²) in [6, 6.07) is 21.8. The molecule has 0 radical (unpaired) electrons. The van der Waals surface area contributed by atoms with E-state index in [4.69, 9.17) is 0 Å². The van der Waals surface area contributed by atoms with Crippen LogP contribution in [0.4, 0.5) is 0 Å². The molecular weight excluding hydrogens is 218 g/mol. The van der Waals surface area contributed by atoms with E-state index in [0.717, 1.165) is 13.0 Å². The molecule has 1 unspecified atom stereocenters. The molecule has 18 heavy (non-hydrogen) atoms. The molecule has 2 aromatic carbocycles. The van der Waals surface area contributed by atoms with Gasteiger partial charge < -0.3 is 0 Å². The second-order valence-corrected chi connectivity index (χ2v) is 4.80. The van der Waals surface area contributed by atoms with Gasteiger partial charge in [-0.25, -0.2) is 0 Å². The third kappa shape index (κ3) is 3.44. The van der Waals surface area contributed by atoms with Crippen molar-refractivity contribution in [2.24, 2.45) is 0 Å². The first kappa shape index (κ1) is 12.8. The number of hydrogen-bond donors (Lipinski definition) is 0. The molecule has 0 N–H and O–H groups in total. The molecule has 0 saturated heterocycles. The maximum Gasteiger partial charge on any atom is 0.0316 e. The van der Waals surface area contributed by atoms with E-state index in [1.807, 2.05) is 0 Å². The quantitative estimate of drug-likeness (QED) is 0.764. The molecule has 94 valence electrons. The SMILES string of the molecule is CC(c1ccccc1)N(C)CCc1ccccc1. The molecule has 2 rings (SSSR count). The lowest BCUT2D eigenvalue weighted by molar-refractivity contribution is 0.265. The maximum absolute atomic E-state index is 2.41. The van der Waals surface area contributed by atoms with Crippen LogP contribution in [0.25, 0.3) is 0 Å². The van der Waals surface area contributed by atoms with Gasteiger partial charge in [0.25, 0.3) is 0 Å². The molecule has 0 bridgehead atoms. The van der Waals surface area contributed by atoms with Gasteiger partial charge in [0.2, 0.25) is 0 Å². The van der Waals surface area contributed by atoms with Gasteiger partial charge in [-0.1, -0.05) is 60.7 Å². The van der Waals surface area contributed by atoms with Gasteiger partial charge >= 0.3 is 0 Å². The number of hydrogen-bond acceptors (Lipinski definition) is 1. The zero-order chi connectivity index (χ0) is 12.8. The summed E-state index contributed by atoms with van der Waals surface area (Å²) in [7, 11) is 2.20. The fourth-order valence-electron chi connectivity index (χ4n) is 2.13. The minimum Gasteiger partial charge on any atom is -0.299 e. The van der Waals surface area contributed by atoms with Gasteiger partial charge in [-0.15, -0.1) is 0 Å². The molecule has 0 amide bonds. The molecule has 1 heteroatoms. The Morgan fingerprint density at radius 3 is 2.06 bits per heavy atom. The van der Waals surface area contributed by atoms with Crippen LogP contribution in [0.15, 0.2) is 60.7 Å². The average Bonchev–Trinajstić information content (AvgIpc) is 2.46. The van der Waals surface area contributed by atoms with Gasteiger partial charge in [-0.3, -0.25) is 4.90 Å². The van der Waals surface area contributed by atoms with Crippen LogP contribution in [0.2, 0.25) is 0 Å². The number of benzene rings is 2. The van der Waals surface area contributed by atoms with Crippen molar-refractivity contribution in [1.29, 1.82) is 0 Å². The summed E-state index contributed by atoms with van der Waals surface area (Å²) >= 11 is 0. The third-order valence-electron chi connectivity index (χ3n) is 3.54. The molecule has 0 aliphatic heterocycles. The van der Waals surface area contributed by atoms with Crippen LogP contribution in [-0.2, 0) is 6.42 Å². The molecule has 0 aliphatic carbocycles. The Labute approximate surface area is 110 Å². The van der Waals surface area contributed by atoms with E-state index in [9.17, 15) is 0 Å². The minimum atomic E-state index is 0.468. The third-order valence-corrected chi connectivity index (χ3v) is 3.54. The fourth-order valence-corrected chi connectivity index (χ4v) is 2.13. The predicted octanol–water partition coefficient (Wildman–Crippen LogP) is 3.92. The van der Waals surface area contributed by atoms with Crippen LogP contribution in [0.5, 0.6) is 0 Å². The predicted molar refractivity (Wildman–Crippen MR) is 77.6 cm³/mol. The monoisotopic (exact) mass is 239 g/mol. The van der Waals surface area contributed by atoms with Crippen LogP contribution < -0.4 is 0 Å². The van der Waals surface area contributed by atoms with Crippen LogP contribution in [0.1, 0.15) is 24.1 Å². The molecule has 1 nitrogen and oxygen atoms in total. The number of nitrogens with zero attached hydrogens (tertiary/aromatic N) is 1. The summed E-state index contributed by atoms with van der Waals surface area (Å²) in [4.78, 5) is 2.41. The second-order valence-electron chi connectivity index (χ2n) is 4.80. The Bertz CT molecular complexity index is 450. The zero-order valence-electron chi connectivity index (χ0n) is 11.2. The van der Waals surface area contributed by atoms with Gasteiger partial charge in [0.15, 0.2) is 0 Å². The highest BCUT2D eigenvalue weighted by Crippen LogP contribution is 2.18. The van der Waals surface area contributed by atoms with Crippen molar-refractivity contribution in [2.75, 3.05) is 13.6 Å². The van der Waals surface area contributed by atoms with Gasteiger partial charge in [-0.2, -0.15) is 0 Å². The smallest absolute Gasteiger partial charge is 0.0316 e. The highest BCUT2D eigenvalue weighted by molar-refractivity contribution is 5.19. The first-order valence-corrected chi connectivity index (χ1v) is 6.56. The van der Waals surface area contributed by atoms with E-state index in [1.165, 1.54) is 11.1 Å². The molecule has 0 heterocycles. The summed E-state index contributed by atoms with van der Waals surface area (Å²) in [5.41, 5.74) is 2.79. The van der Waals surface area contributed by atoms with Crippen molar-refractivity contribution in [2.45, 2.75) is 19.4 Å². The highest BCUT2D eigenvalue weighted by Gasteiger charge is 2.10. The van der Waals surface area contributed by atoms with Crippen molar-refractivity contribution in [1.82, 2.24) is 4.90 Å².